The Bertz CT molecular complexity index is 860. The Balaban J connectivity index is 1.73. The Hall–Kier alpha value is -2.79. The molecule has 24 heavy (non-hydrogen) atoms. The van der Waals surface area contributed by atoms with E-state index < -0.39 is 0 Å². The molecule has 0 atom stereocenters. The average Bonchev–Trinajstić information content (AvgIpc) is 3.09. The van der Waals surface area contributed by atoms with Crippen LogP contribution < -0.4 is 9.47 Å². The van der Waals surface area contributed by atoms with Gasteiger partial charge in [0.1, 0.15) is 6.29 Å². The van der Waals surface area contributed by atoms with Crippen molar-refractivity contribution in [2.24, 2.45) is 0 Å². The SMILES string of the molecule is COc1cc(C=O)ccc1OCc1ncc(-c2cccc(Cl)c2)o1. The van der Waals surface area contributed by atoms with Gasteiger partial charge < -0.3 is 13.9 Å². The van der Waals surface area contributed by atoms with Crippen molar-refractivity contribution in [1.82, 2.24) is 4.98 Å². The second-order valence-corrected chi connectivity index (χ2v) is 5.38. The van der Waals surface area contributed by atoms with Crippen LogP contribution in [-0.2, 0) is 6.61 Å². The van der Waals surface area contributed by atoms with Crippen molar-refractivity contribution in [3.63, 3.8) is 0 Å². The van der Waals surface area contributed by atoms with Crippen molar-refractivity contribution >= 4 is 17.9 Å². The Morgan fingerprint density at radius 2 is 2.08 bits per heavy atom. The zero-order chi connectivity index (χ0) is 16.9. The summed E-state index contributed by atoms with van der Waals surface area (Å²) in [6.45, 7) is 0.136. The van der Waals surface area contributed by atoms with E-state index in [-0.39, 0.29) is 6.61 Å². The topological polar surface area (TPSA) is 61.6 Å². The van der Waals surface area contributed by atoms with Gasteiger partial charge in [-0.1, -0.05) is 23.7 Å². The summed E-state index contributed by atoms with van der Waals surface area (Å²) in [6.07, 6.45) is 2.37. The fourth-order valence-corrected chi connectivity index (χ4v) is 2.36. The first-order valence-electron chi connectivity index (χ1n) is 7.16. The van der Waals surface area contributed by atoms with Crippen LogP contribution in [0, 0.1) is 0 Å². The van der Waals surface area contributed by atoms with Crippen LogP contribution in [0.25, 0.3) is 11.3 Å². The molecular weight excluding hydrogens is 330 g/mol. The van der Waals surface area contributed by atoms with Crippen molar-refractivity contribution in [3.05, 3.63) is 65.1 Å². The summed E-state index contributed by atoms with van der Waals surface area (Å²) in [5.41, 5.74) is 1.35. The van der Waals surface area contributed by atoms with Gasteiger partial charge in [-0.3, -0.25) is 4.79 Å². The van der Waals surface area contributed by atoms with Crippen molar-refractivity contribution < 1.29 is 18.7 Å². The number of methoxy groups -OCH3 is 1. The summed E-state index contributed by atoms with van der Waals surface area (Å²) in [5, 5.41) is 0.627. The Morgan fingerprint density at radius 3 is 2.83 bits per heavy atom. The van der Waals surface area contributed by atoms with E-state index in [4.69, 9.17) is 25.5 Å². The number of carbonyl (C=O) groups excluding carboxylic acids is 1. The van der Waals surface area contributed by atoms with Crippen LogP contribution in [0.3, 0.4) is 0 Å². The number of oxazole rings is 1. The smallest absolute Gasteiger partial charge is 0.232 e. The van der Waals surface area contributed by atoms with Gasteiger partial charge in [0.05, 0.1) is 13.3 Å². The molecule has 0 aliphatic heterocycles. The van der Waals surface area contributed by atoms with Gasteiger partial charge in [0.25, 0.3) is 0 Å². The molecule has 0 amide bonds. The molecule has 5 nitrogen and oxygen atoms in total. The number of benzene rings is 2. The lowest BCUT2D eigenvalue weighted by Gasteiger charge is -2.09. The van der Waals surface area contributed by atoms with Crippen LogP contribution in [-0.4, -0.2) is 18.4 Å². The highest BCUT2D eigenvalue weighted by Crippen LogP contribution is 2.29. The van der Waals surface area contributed by atoms with Gasteiger partial charge in [-0.25, -0.2) is 4.98 Å². The Labute approximate surface area is 143 Å². The lowest BCUT2D eigenvalue weighted by atomic mass is 10.2. The summed E-state index contributed by atoms with van der Waals surface area (Å²) in [7, 11) is 1.51. The quantitative estimate of drug-likeness (QED) is 0.621. The van der Waals surface area contributed by atoms with E-state index in [0.717, 1.165) is 11.8 Å². The summed E-state index contributed by atoms with van der Waals surface area (Å²) in [5.74, 6) is 2.01. The maximum Gasteiger partial charge on any atom is 0.232 e. The molecule has 1 heterocycles. The fraction of sp³-hybridized carbons (Fsp3) is 0.111. The Kier molecular flexibility index (Phi) is 4.82. The third-order valence-electron chi connectivity index (χ3n) is 3.34. The third-order valence-corrected chi connectivity index (χ3v) is 3.57. The number of carbonyl (C=O) groups is 1. The molecule has 0 N–H and O–H groups in total. The van der Waals surface area contributed by atoms with E-state index in [1.54, 1.807) is 36.5 Å². The first-order valence-corrected chi connectivity index (χ1v) is 7.54. The molecule has 0 aliphatic rings. The van der Waals surface area contributed by atoms with Crippen LogP contribution in [0.4, 0.5) is 0 Å². The highest BCUT2D eigenvalue weighted by atomic mass is 35.5. The van der Waals surface area contributed by atoms with Gasteiger partial charge in [0.15, 0.2) is 23.9 Å². The van der Waals surface area contributed by atoms with Crippen molar-refractivity contribution in [1.29, 1.82) is 0 Å². The predicted molar refractivity (Wildman–Crippen MR) is 89.7 cm³/mol. The molecule has 3 aromatic rings. The number of aldehydes is 1. The minimum absolute atomic E-state index is 0.136. The number of nitrogens with zero attached hydrogens (tertiary/aromatic N) is 1. The summed E-state index contributed by atoms with van der Waals surface area (Å²) >= 11 is 5.98. The number of ether oxygens (including phenoxy) is 2. The normalized spacial score (nSPS) is 10.4. The third kappa shape index (κ3) is 3.58. The highest BCUT2D eigenvalue weighted by Gasteiger charge is 2.10. The second-order valence-electron chi connectivity index (χ2n) is 4.95. The first kappa shape index (κ1) is 16.1. The maximum atomic E-state index is 10.8. The van der Waals surface area contributed by atoms with Gasteiger partial charge in [-0.15, -0.1) is 0 Å². The van der Waals surface area contributed by atoms with Gasteiger partial charge in [-0.2, -0.15) is 0 Å². The lowest BCUT2D eigenvalue weighted by Crippen LogP contribution is -1.98. The van der Waals surface area contributed by atoms with Crippen LogP contribution in [0.15, 0.2) is 53.1 Å². The van der Waals surface area contributed by atoms with Crippen LogP contribution in [0.1, 0.15) is 16.2 Å². The summed E-state index contributed by atoms with van der Waals surface area (Å²) < 4.78 is 16.6. The molecule has 0 saturated carbocycles. The molecule has 1 aromatic heterocycles. The molecule has 0 spiro atoms. The first-order chi connectivity index (χ1) is 11.7. The van der Waals surface area contributed by atoms with E-state index in [1.165, 1.54) is 7.11 Å². The van der Waals surface area contributed by atoms with Gasteiger partial charge in [0, 0.05) is 16.1 Å². The minimum Gasteiger partial charge on any atom is -0.493 e. The molecule has 122 valence electrons. The standard InChI is InChI=1S/C18H14ClNO4/c1-22-16-7-12(10-21)5-6-15(16)23-11-18-20-9-17(24-18)13-3-2-4-14(19)8-13/h2-10H,11H2,1H3. The van der Waals surface area contributed by atoms with Crippen molar-refractivity contribution in [2.45, 2.75) is 6.61 Å². The van der Waals surface area contributed by atoms with Crippen LogP contribution in [0.2, 0.25) is 5.02 Å². The van der Waals surface area contributed by atoms with Crippen LogP contribution >= 0.6 is 11.6 Å². The molecule has 0 radical (unpaired) electrons. The number of halogens is 1. The highest BCUT2D eigenvalue weighted by molar-refractivity contribution is 6.30. The molecule has 3 rings (SSSR count). The van der Waals surface area contributed by atoms with Gasteiger partial charge >= 0.3 is 0 Å². The van der Waals surface area contributed by atoms with Crippen molar-refractivity contribution in [3.8, 4) is 22.8 Å². The molecular formula is C18H14ClNO4. The van der Waals surface area contributed by atoms with Gasteiger partial charge in [0.2, 0.25) is 5.89 Å². The maximum absolute atomic E-state index is 10.8. The molecule has 0 saturated heterocycles. The second kappa shape index (κ2) is 7.19. The van der Waals surface area contributed by atoms with E-state index >= 15 is 0 Å². The predicted octanol–water partition coefficient (Wildman–Crippen LogP) is 4.40. The number of hydrogen-bond donors (Lipinski definition) is 0. The van der Waals surface area contributed by atoms with E-state index in [9.17, 15) is 4.79 Å². The molecule has 0 bridgehead atoms. The van der Waals surface area contributed by atoms with E-state index in [2.05, 4.69) is 4.98 Å². The number of hydrogen-bond acceptors (Lipinski definition) is 5. The summed E-state index contributed by atoms with van der Waals surface area (Å²) in [4.78, 5) is 15.0. The molecule has 0 unspecified atom stereocenters. The molecule has 0 fully saturated rings. The molecule has 6 heteroatoms. The molecule has 2 aromatic carbocycles. The van der Waals surface area contributed by atoms with Gasteiger partial charge in [-0.05, 0) is 30.3 Å². The Morgan fingerprint density at radius 1 is 1.21 bits per heavy atom. The fourth-order valence-electron chi connectivity index (χ4n) is 2.17. The zero-order valence-electron chi connectivity index (χ0n) is 12.9. The van der Waals surface area contributed by atoms with E-state index in [1.807, 2.05) is 12.1 Å². The number of rotatable bonds is 6. The molecule has 0 aliphatic carbocycles. The van der Waals surface area contributed by atoms with Crippen LogP contribution in [0.5, 0.6) is 11.5 Å². The largest absolute Gasteiger partial charge is 0.493 e. The minimum atomic E-state index is 0.136. The summed E-state index contributed by atoms with van der Waals surface area (Å²) in [6, 6.07) is 12.2. The van der Waals surface area contributed by atoms with E-state index in [0.29, 0.717) is 33.7 Å². The monoisotopic (exact) mass is 343 g/mol. The van der Waals surface area contributed by atoms with Crippen molar-refractivity contribution in [2.75, 3.05) is 7.11 Å². The number of aromatic nitrogens is 1. The lowest BCUT2D eigenvalue weighted by molar-refractivity contribution is 0.112. The average molecular weight is 344 g/mol. The zero-order valence-corrected chi connectivity index (χ0v) is 13.6.